The van der Waals surface area contributed by atoms with Crippen LogP contribution in [0.2, 0.25) is 0 Å². The van der Waals surface area contributed by atoms with Crippen LogP contribution in [0.25, 0.3) is 0 Å². The SMILES string of the molecule is O=C(Nc1cccc(S(=O)(=O)N2CCCCC2)c1)[C@H]1CCCO1. The molecule has 2 heterocycles. The van der Waals surface area contributed by atoms with Gasteiger partial charge in [-0.1, -0.05) is 12.5 Å². The van der Waals surface area contributed by atoms with Crippen LogP contribution in [0.3, 0.4) is 0 Å². The van der Waals surface area contributed by atoms with Gasteiger partial charge in [-0.25, -0.2) is 8.42 Å². The van der Waals surface area contributed by atoms with E-state index in [1.807, 2.05) is 0 Å². The first kappa shape index (κ1) is 16.4. The molecule has 0 radical (unpaired) electrons. The monoisotopic (exact) mass is 338 g/mol. The fourth-order valence-electron chi connectivity index (χ4n) is 3.00. The summed E-state index contributed by atoms with van der Waals surface area (Å²) >= 11 is 0. The molecule has 0 bridgehead atoms. The summed E-state index contributed by atoms with van der Waals surface area (Å²) in [5.74, 6) is -0.213. The summed E-state index contributed by atoms with van der Waals surface area (Å²) in [7, 11) is -3.49. The highest BCUT2D eigenvalue weighted by Crippen LogP contribution is 2.23. The molecule has 0 spiro atoms. The lowest BCUT2D eigenvalue weighted by molar-refractivity contribution is -0.124. The maximum Gasteiger partial charge on any atom is 0.253 e. The van der Waals surface area contributed by atoms with E-state index < -0.39 is 16.1 Å². The number of amides is 1. The highest BCUT2D eigenvalue weighted by Gasteiger charge is 2.27. The number of hydrogen-bond donors (Lipinski definition) is 1. The number of sulfonamides is 1. The zero-order valence-electron chi connectivity index (χ0n) is 13.0. The van der Waals surface area contributed by atoms with Crippen LogP contribution in [0.5, 0.6) is 0 Å². The van der Waals surface area contributed by atoms with Crippen molar-refractivity contribution in [3.8, 4) is 0 Å². The molecule has 1 aromatic carbocycles. The molecule has 0 unspecified atom stereocenters. The van der Waals surface area contributed by atoms with Gasteiger partial charge in [0.1, 0.15) is 6.10 Å². The summed E-state index contributed by atoms with van der Waals surface area (Å²) in [5, 5.41) is 2.75. The Labute approximate surface area is 136 Å². The quantitative estimate of drug-likeness (QED) is 0.911. The molecular weight excluding hydrogens is 316 g/mol. The van der Waals surface area contributed by atoms with Gasteiger partial charge in [-0.05, 0) is 43.9 Å². The van der Waals surface area contributed by atoms with Gasteiger partial charge in [-0.15, -0.1) is 0 Å². The second kappa shape index (κ2) is 6.98. The number of nitrogens with one attached hydrogen (secondary N) is 1. The summed E-state index contributed by atoms with van der Waals surface area (Å²) in [5.41, 5.74) is 0.489. The van der Waals surface area contributed by atoms with E-state index in [9.17, 15) is 13.2 Å². The minimum Gasteiger partial charge on any atom is -0.368 e. The number of hydrogen-bond acceptors (Lipinski definition) is 4. The van der Waals surface area contributed by atoms with Crippen molar-refractivity contribution < 1.29 is 17.9 Å². The van der Waals surface area contributed by atoms with E-state index >= 15 is 0 Å². The van der Waals surface area contributed by atoms with Crippen LogP contribution in [0.1, 0.15) is 32.1 Å². The molecular formula is C16H22N2O4S. The highest BCUT2D eigenvalue weighted by atomic mass is 32.2. The zero-order chi connectivity index (χ0) is 16.3. The van der Waals surface area contributed by atoms with Crippen LogP contribution in [0.4, 0.5) is 5.69 Å². The smallest absolute Gasteiger partial charge is 0.253 e. The molecule has 2 aliphatic rings. The Morgan fingerprint density at radius 3 is 2.65 bits per heavy atom. The van der Waals surface area contributed by atoms with Gasteiger partial charge in [0.15, 0.2) is 0 Å². The van der Waals surface area contributed by atoms with Gasteiger partial charge in [-0.2, -0.15) is 4.31 Å². The van der Waals surface area contributed by atoms with E-state index in [-0.39, 0.29) is 10.8 Å². The van der Waals surface area contributed by atoms with Crippen LogP contribution in [0.15, 0.2) is 29.2 Å². The molecule has 0 aromatic heterocycles. The van der Waals surface area contributed by atoms with E-state index in [2.05, 4.69) is 5.32 Å². The Hall–Kier alpha value is -1.44. The van der Waals surface area contributed by atoms with Crippen molar-refractivity contribution in [2.24, 2.45) is 0 Å². The Kier molecular flexibility index (Phi) is 4.99. The third-order valence-corrected chi connectivity index (χ3v) is 6.17. The van der Waals surface area contributed by atoms with E-state index in [0.29, 0.717) is 31.8 Å². The normalized spacial score (nSPS) is 22.9. The molecule has 1 aromatic rings. The first-order valence-electron chi connectivity index (χ1n) is 8.10. The fraction of sp³-hybridized carbons (Fsp3) is 0.562. The molecule has 23 heavy (non-hydrogen) atoms. The molecule has 1 amide bonds. The fourth-order valence-corrected chi connectivity index (χ4v) is 4.56. The minimum absolute atomic E-state index is 0.213. The summed E-state index contributed by atoms with van der Waals surface area (Å²) in [6.07, 6.45) is 4.02. The van der Waals surface area contributed by atoms with E-state index in [1.54, 1.807) is 18.2 Å². The first-order chi connectivity index (χ1) is 11.1. The average Bonchev–Trinajstić information content (AvgIpc) is 3.10. The summed E-state index contributed by atoms with van der Waals surface area (Å²) in [6.45, 7) is 1.73. The number of benzene rings is 1. The number of nitrogens with zero attached hydrogens (tertiary/aromatic N) is 1. The molecule has 0 saturated carbocycles. The van der Waals surface area contributed by atoms with E-state index in [1.165, 1.54) is 10.4 Å². The van der Waals surface area contributed by atoms with Crippen molar-refractivity contribution in [2.75, 3.05) is 25.0 Å². The van der Waals surface area contributed by atoms with Crippen LogP contribution in [-0.4, -0.2) is 44.4 Å². The molecule has 0 aliphatic carbocycles. The number of ether oxygens (including phenoxy) is 1. The topological polar surface area (TPSA) is 75.7 Å². The van der Waals surface area contributed by atoms with Gasteiger partial charge < -0.3 is 10.1 Å². The lowest BCUT2D eigenvalue weighted by Gasteiger charge is -2.26. The maximum atomic E-state index is 12.7. The summed E-state index contributed by atoms with van der Waals surface area (Å²) in [4.78, 5) is 12.3. The number of rotatable bonds is 4. The van der Waals surface area contributed by atoms with Gasteiger partial charge in [0, 0.05) is 25.4 Å². The molecule has 3 rings (SSSR count). The minimum atomic E-state index is -3.49. The second-order valence-electron chi connectivity index (χ2n) is 5.98. The largest absolute Gasteiger partial charge is 0.368 e. The third kappa shape index (κ3) is 3.73. The van der Waals surface area contributed by atoms with E-state index in [4.69, 9.17) is 4.74 Å². The molecule has 7 heteroatoms. The third-order valence-electron chi connectivity index (χ3n) is 4.28. The number of anilines is 1. The predicted molar refractivity (Wildman–Crippen MR) is 86.7 cm³/mol. The molecule has 2 aliphatic heterocycles. The van der Waals surface area contributed by atoms with Crippen molar-refractivity contribution >= 4 is 21.6 Å². The van der Waals surface area contributed by atoms with Crippen LogP contribution >= 0.6 is 0 Å². The average molecular weight is 338 g/mol. The van der Waals surface area contributed by atoms with Crippen molar-refractivity contribution in [1.82, 2.24) is 4.31 Å². The molecule has 6 nitrogen and oxygen atoms in total. The lowest BCUT2D eigenvalue weighted by Crippen LogP contribution is -2.35. The number of piperidine rings is 1. The van der Waals surface area contributed by atoms with E-state index in [0.717, 1.165) is 25.7 Å². The maximum absolute atomic E-state index is 12.7. The Balaban J connectivity index is 1.75. The first-order valence-corrected chi connectivity index (χ1v) is 9.54. The van der Waals surface area contributed by atoms with Gasteiger partial charge in [0.2, 0.25) is 10.0 Å². The number of carbonyl (C=O) groups excluding carboxylic acids is 1. The highest BCUT2D eigenvalue weighted by molar-refractivity contribution is 7.89. The van der Waals surface area contributed by atoms with Crippen molar-refractivity contribution in [2.45, 2.75) is 43.1 Å². The van der Waals surface area contributed by atoms with Crippen LogP contribution < -0.4 is 5.32 Å². The van der Waals surface area contributed by atoms with Crippen LogP contribution in [0, 0.1) is 0 Å². The van der Waals surface area contributed by atoms with Gasteiger partial charge in [0.25, 0.3) is 5.91 Å². The van der Waals surface area contributed by atoms with Crippen LogP contribution in [-0.2, 0) is 19.6 Å². The van der Waals surface area contributed by atoms with Crippen molar-refractivity contribution in [1.29, 1.82) is 0 Å². The van der Waals surface area contributed by atoms with Gasteiger partial charge in [0.05, 0.1) is 4.90 Å². The zero-order valence-corrected chi connectivity index (χ0v) is 13.8. The second-order valence-corrected chi connectivity index (χ2v) is 7.92. The van der Waals surface area contributed by atoms with Gasteiger partial charge >= 0.3 is 0 Å². The Morgan fingerprint density at radius 2 is 1.96 bits per heavy atom. The summed E-state index contributed by atoms with van der Waals surface area (Å²) in [6, 6.07) is 6.45. The molecule has 126 valence electrons. The standard InChI is InChI=1S/C16H22N2O4S/c19-16(15-8-5-11-22-15)17-13-6-4-7-14(12-13)23(20,21)18-9-2-1-3-10-18/h4,6-7,12,15H,1-3,5,8-11H2,(H,17,19)/t15-/m1/s1. The van der Waals surface area contributed by atoms with Crippen molar-refractivity contribution in [3.63, 3.8) is 0 Å². The lowest BCUT2D eigenvalue weighted by atomic mass is 10.2. The molecule has 1 atom stereocenters. The predicted octanol–water partition coefficient (Wildman–Crippen LogP) is 1.98. The summed E-state index contributed by atoms with van der Waals surface area (Å²) < 4.78 is 32.2. The molecule has 2 saturated heterocycles. The molecule has 1 N–H and O–H groups in total. The molecule has 2 fully saturated rings. The Morgan fingerprint density at radius 1 is 1.17 bits per heavy atom. The van der Waals surface area contributed by atoms with Gasteiger partial charge in [-0.3, -0.25) is 4.79 Å². The number of carbonyl (C=O) groups is 1. The van der Waals surface area contributed by atoms with Crippen molar-refractivity contribution in [3.05, 3.63) is 24.3 Å². The Bertz CT molecular complexity index is 662.